The molecule has 7 heteroatoms. The molecular weight excluding hydrogens is 462 g/mol. The van der Waals surface area contributed by atoms with Gasteiger partial charge in [-0.2, -0.15) is 5.21 Å². The second-order valence-corrected chi connectivity index (χ2v) is 9.32. The van der Waals surface area contributed by atoms with Gasteiger partial charge in [-0.15, -0.1) is 10.2 Å². The molecule has 190 valence electrons. The number of fused-ring (bicyclic) bond motifs is 1. The number of unbranched alkanes of at least 4 members (excludes halogenated alkanes) is 1. The number of nitrogens with zero attached hydrogens (tertiary/aromatic N) is 4. The van der Waals surface area contributed by atoms with Crippen LogP contribution in [0.1, 0.15) is 42.9 Å². The maximum absolute atomic E-state index is 6.26. The van der Waals surface area contributed by atoms with Gasteiger partial charge in [0.05, 0.1) is 13.2 Å². The molecule has 5 rings (SSSR count). The van der Waals surface area contributed by atoms with E-state index < -0.39 is 0 Å². The monoisotopic (exact) mass is 495 g/mol. The van der Waals surface area contributed by atoms with E-state index in [4.69, 9.17) is 9.47 Å². The van der Waals surface area contributed by atoms with Gasteiger partial charge in [0.25, 0.3) is 0 Å². The molecule has 0 saturated heterocycles. The van der Waals surface area contributed by atoms with Gasteiger partial charge in [0.1, 0.15) is 11.5 Å². The van der Waals surface area contributed by atoms with Crippen LogP contribution in [0.5, 0.6) is 11.5 Å². The molecule has 0 aliphatic heterocycles. The molecule has 37 heavy (non-hydrogen) atoms. The summed E-state index contributed by atoms with van der Waals surface area (Å²) in [6.07, 6.45) is 6.13. The van der Waals surface area contributed by atoms with Gasteiger partial charge in [-0.3, -0.25) is 0 Å². The maximum atomic E-state index is 6.26. The predicted octanol–water partition coefficient (Wildman–Crippen LogP) is 6.37. The molecular formula is C30H33N5O2. The van der Waals surface area contributed by atoms with Crippen LogP contribution in [0.2, 0.25) is 0 Å². The van der Waals surface area contributed by atoms with Gasteiger partial charge < -0.3 is 14.0 Å². The predicted molar refractivity (Wildman–Crippen MR) is 146 cm³/mol. The standard InChI is InChI=1S/C30H33N5O2/c1-3-7-27-26-16-17-35(21-23-9-6-8-22(2)20-23)28(26)14-15-29(27)37-19-5-4-18-36-25-12-10-24(11-13-25)30-31-33-34-32-30/h6,8-17,20H,3-5,7,18-19,21H2,1-2H3,(H,31,32,33,34). The summed E-state index contributed by atoms with van der Waals surface area (Å²) in [7, 11) is 0. The molecule has 0 saturated carbocycles. The Morgan fingerprint density at radius 3 is 2.51 bits per heavy atom. The first kappa shape index (κ1) is 24.6. The van der Waals surface area contributed by atoms with Crippen LogP contribution in [0.25, 0.3) is 22.3 Å². The number of tetrazole rings is 1. The van der Waals surface area contributed by atoms with Crippen LogP contribution in [0, 0.1) is 6.92 Å². The highest BCUT2D eigenvalue weighted by atomic mass is 16.5. The number of benzene rings is 3. The van der Waals surface area contributed by atoms with E-state index in [0.717, 1.165) is 49.3 Å². The topological polar surface area (TPSA) is 77.8 Å². The normalized spacial score (nSPS) is 11.2. The van der Waals surface area contributed by atoms with Crippen molar-refractivity contribution < 1.29 is 9.47 Å². The molecule has 0 bridgehead atoms. The summed E-state index contributed by atoms with van der Waals surface area (Å²) >= 11 is 0. The highest BCUT2D eigenvalue weighted by Gasteiger charge is 2.12. The number of hydrogen-bond acceptors (Lipinski definition) is 5. The molecule has 0 unspecified atom stereocenters. The lowest BCUT2D eigenvalue weighted by molar-refractivity contribution is 0.265. The molecule has 2 heterocycles. The Kier molecular flexibility index (Phi) is 7.79. The van der Waals surface area contributed by atoms with Crippen LogP contribution in [-0.2, 0) is 13.0 Å². The molecule has 5 aromatic rings. The van der Waals surface area contributed by atoms with Gasteiger partial charge in [-0.1, -0.05) is 43.2 Å². The van der Waals surface area contributed by atoms with Gasteiger partial charge in [0.2, 0.25) is 5.82 Å². The zero-order valence-electron chi connectivity index (χ0n) is 21.5. The Hall–Kier alpha value is -4.13. The molecule has 2 aromatic heterocycles. The fourth-order valence-corrected chi connectivity index (χ4v) is 4.66. The van der Waals surface area contributed by atoms with Gasteiger partial charge in [-0.05, 0) is 79.4 Å². The number of aromatic nitrogens is 5. The third-order valence-electron chi connectivity index (χ3n) is 6.48. The van der Waals surface area contributed by atoms with E-state index in [-0.39, 0.29) is 0 Å². The molecule has 1 N–H and O–H groups in total. The van der Waals surface area contributed by atoms with E-state index in [2.05, 4.69) is 87.7 Å². The van der Waals surface area contributed by atoms with Crippen molar-refractivity contribution in [1.82, 2.24) is 25.2 Å². The summed E-state index contributed by atoms with van der Waals surface area (Å²) in [5.74, 6) is 2.41. The van der Waals surface area contributed by atoms with Crippen molar-refractivity contribution in [3.05, 3.63) is 89.6 Å². The fourth-order valence-electron chi connectivity index (χ4n) is 4.66. The van der Waals surface area contributed by atoms with Gasteiger partial charge >= 0.3 is 0 Å². The van der Waals surface area contributed by atoms with Crippen LogP contribution in [-0.4, -0.2) is 38.4 Å². The molecule has 0 fully saturated rings. The van der Waals surface area contributed by atoms with E-state index in [0.29, 0.717) is 19.0 Å². The smallest absolute Gasteiger partial charge is 0.204 e. The maximum Gasteiger partial charge on any atom is 0.204 e. The second-order valence-electron chi connectivity index (χ2n) is 9.32. The quantitative estimate of drug-likeness (QED) is 0.204. The SMILES string of the molecule is CCCc1c(OCCCCOc2ccc(-c3nn[nH]n3)cc2)ccc2c1ccn2Cc1cccc(C)c1. The second kappa shape index (κ2) is 11.7. The number of aryl methyl sites for hydroxylation is 2. The summed E-state index contributed by atoms with van der Waals surface area (Å²) in [5.41, 5.74) is 6.08. The van der Waals surface area contributed by atoms with E-state index in [1.165, 1.54) is 27.6 Å². The fraction of sp³-hybridized carbons (Fsp3) is 0.300. The number of rotatable bonds is 12. The molecule has 0 spiro atoms. The van der Waals surface area contributed by atoms with Crippen LogP contribution >= 0.6 is 0 Å². The largest absolute Gasteiger partial charge is 0.494 e. The lowest BCUT2D eigenvalue weighted by Gasteiger charge is -2.14. The Labute approximate surface area is 217 Å². The lowest BCUT2D eigenvalue weighted by Crippen LogP contribution is -2.04. The molecule has 0 amide bonds. The first-order valence-corrected chi connectivity index (χ1v) is 13.0. The van der Waals surface area contributed by atoms with Gasteiger partial charge in [-0.25, -0.2) is 0 Å². The number of aromatic amines is 1. The first-order valence-electron chi connectivity index (χ1n) is 13.0. The highest BCUT2D eigenvalue weighted by Crippen LogP contribution is 2.31. The van der Waals surface area contributed by atoms with Crippen molar-refractivity contribution in [2.24, 2.45) is 0 Å². The average Bonchev–Trinajstić information content (AvgIpc) is 3.59. The summed E-state index contributed by atoms with van der Waals surface area (Å²) < 4.78 is 14.5. The lowest BCUT2D eigenvalue weighted by atomic mass is 10.0. The van der Waals surface area contributed by atoms with Crippen molar-refractivity contribution in [3.8, 4) is 22.9 Å². The number of hydrogen-bond donors (Lipinski definition) is 1. The summed E-state index contributed by atoms with van der Waals surface area (Å²) in [6, 6.07) is 23.0. The van der Waals surface area contributed by atoms with Crippen LogP contribution in [0.3, 0.4) is 0 Å². The van der Waals surface area contributed by atoms with Crippen LogP contribution in [0.15, 0.2) is 72.9 Å². The molecule has 0 radical (unpaired) electrons. The summed E-state index contributed by atoms with van der Waals surface area (Å²) in [6.45, 7) is 6.55. The highest BCUT2D eigenvalue weighted by molar-refractivity contribution is 5.86. The first-order chi connectivity index (χ1) is 18.2. The van der Waals surface area contributed by atoms with E-state index in [9.17, 15) is 0 Å². The van der Waals surface area contributed by atoms with Crippen LogP contribution in [0.4, 0.5) is 0 Å². The Balaban J connectivity index is 1.14. The van der Waals surface area contributed by atoms with E-state index >= 15 is 0 Å². The van der Waals surface area contributed by atoms with Crippen LogP contribution < -0.4 is 9.47 Å². The Morgan fingerprint density at radius 1 is 0.919 bits per heavy atom. The number of ether oxygens (including phenoxy) is 2. The summed E-state index contributed by atoms with van der Waals surface area (Å²) in [4.78, 5) is 0. The zero-order chi connectivity index (χ0) is 25.5. The van der Waals surface area contributed by atoms with E-state index in [1.54, 1.807) is 0 Å². The molecule has 0 atom stereocenters. The van der Waals surface area contributed by atoms with Crippen molar-refractivity contribution in [1.29, 1.82) is 0 Å². The molecule has 0 aliphatic rings. The third kappa shape index (κ3) is 6.00. The minimum Gasteiger partial charge on any atom is -0.494 e. The Morgan fingerprint density at radius 2 is 1.76 bits per heavy atom. The van der Waals surface area contributed by atoms with Crippen molar-refractivity contribution in [3.63, 3.8) is 0 Å². The molecule has 0 aliphatic carbocycles. The molecule has 7 nitrogen and oxygen atoms in total. The van der Waals surface area contributed by atoms with Crippen molar-refractivity contribution >= 4 is 10.9 Å². The minimum absolute atomic E-state index is 0.576. The minimum atomic E-state index is 0.576. The van der Waals surface area contributed by atoms with Crippen molar-refractivity contribution in [2.45, 2.75) is 46.1 Å². The van der Waals surface area contributed by atoms with Gasteiger partial charge in [0.15, 0.2) is 0 Å². The summed E-state index contributed by atoms with van der Waals surface area (Å²) in [5, 5.41) is 15.3. The van der Waals surface area contributed by atoms with E-state index in [1.807, 2.05) is 24.3 Å². The zero-order valence-corrected chi connectivity index (χ0v) is 21.5. The van der Waals surface area contributed by atoms with Crippen molar-refractivity contribution in [2.75, 3.05) is 13.2 Å². The number of nitrogens with one attached hydrogen (secondary N) is 1. The third-order valence-corrected chi connectivity index (χ3v) is 6.48. The molecule has 3 aromatic carbocycles. The number of H-pyrrole nitrogens is 1. The Bertz CT molecular complexity index is 1420. The van der Waals surface area contributed by atoms with Gasteiger partial charge in [0, 0.05) is 34.8 Å². The average molecular weight is 496 g/mol.